The number of benzene rings is 2. The van der Waals surface area contributed by atoms with Crippen LogP contribution in [0.3, 0.4) is 0 Å². The van der Waals surface area contributed by atoms with E-state index < -0.39 is 6.10 Å². The molecule has 1 fully saturated rings. The van der Waals surface area contributed by atoms with Crippen LogP contribution in [-0.4, -0.2) is 68.3 Å². The van der Waals surface area contributed by atoms with Crippen molar-refractivity contribution in [3.05, 3.63) is 54.1 Å². The Labute approximate surface area is 184 Å². The van der Waals surface area contributed by atoms with Gasteiger partial charge in [-0.3, -0.25) is 9.69 Å². The van der Waals surface area contributed by atoms with E-state index in [9.17, 15) is 9.90 Å². The summed E-state index contributed by atoms with van der Waals surface area (Å²) in [4.78, 5) is 16.2. The van der Waals surface area contributed by atoms with E-state index in [1.54, 1.807) is 31.4 Å². The minimum Gasteiger partial charge on any atom is -0.495 e. The lowest BCUT2D eigenvalue weighted by molar-refractivity contribution is 0.0662. The normalized spacial score (nSPS) is 15.2. The number of aliphatic hydroxyl groups excluding tert-OH is 1. The molecule has 3 rings (SSSR count). The number of para-hydroxylation sites is 2. The van der Waals surface area contributed by atoms with Gasteiger partial charge in [-0.25, -0.2) is 0 Å². The van der Waals surface area contributed by atoms with Gasteiger partial charge in [-0.1, -0.05) is 19.1 Å². The molecule has 6 nitrogen and oxygen atoms in total. The molecule has 30 heavy (non-hydrogen) atoms. The molecule has 1 N–H and O–H groups in total. The third-order valence-corrected chi connectivity index (χ3v) is 5.21. The molecule has 1 saturated heterocycles. The lowest BCUT2D eigenvalue weighted by Gasteiger charge is -2.37. The smallest absolute Gasteiger partial charge is 0.162 e. The van der Waals surface area contributed by atoms with Crippen LogP contribution in [0.25, 0.3) is 0 Å². The number of ether oxygens (including phenoxy) is 2. The van der Waals surface area contributed by atoms with Gasteiger partial charge in [0, 0.05) is 44.7 Å². The van der Waals surface area contributed by atoms with Crippen LogP contribution in [0.1, 0.15) is 23.7 Å². The first-order chi connectivity index (χ1) is 14.1. The molecule has 164 valence electrons. The van der Waals surface area contributed by atoms with E-state index >= 15 is 0 Å². The number of β-amino-alcohol motifs (C(OH)–C–C–N with tert-alkyl or cyclic N) is 1. The minimum atomic E-state index is -0.565. The fraction of sp³-hybridized carbons (Fsp3) is 0.435. The van der Waals surface area contributed by atoms with Crippen LogP contribution in [-0.2, 0) is 0 Å². The van der Waals surface area contributed by atoms with Crippen molar-refractivity contribution in [1.82, 2.24) is 4.90 Å². The molecule has 7 heteroatoms. The van der Waals surface area contributed by atoms with Crippen molar-refractivity contribution in [2.24, 2.45) is 0 Å². The summed E-state index contributed by atoms with van der Waals surface area (Å²) in [5.74, 6) is 1.67. The van der Waals surface area contributed by atoms with E-state index in [4.69, 9.17) is 9.47 Å². The second kappa shape index (κ2) is 11.8. The highest BCUT2D eigenvalue weighted by molar-refractivity contribution is 5.95. The van der Waals surface area contributed by atoms with Crippen LogP contribution >= 0.6 is 12.4 Å². The van der Waals surface area contributed by atoms with E-state index in [-0.39, 0.29) is 24.8 Å². The zero-order valence-corrected chi connectivity index (χ0v) is 18.4. The summed E-state index contributed by atoms with van der Waals surface area (Å²) in [5.41, 5.74) is 1.80. The summed E-state index contributed by atoms with van der Waals surface area (Å²) in [6, 6.07) is 15.2. The van der Waals surface area contributed by atoms with Gasteiger partial charge in [-0.15, -0.1) is 12.4 Å². The number of hydrogen-bond acceptors (Lipinski definition) is 6. The number of hydrogen-bond donors (Lipinski definition) is 1. The number of Topliss-reactive ketones (excluding diaryl/α,β-unsaturated/α-hetero) is 1. The Hall–Kier alpha value is -2.28. The van der Waals surface area contributed by atoms with Crippen molar-refractivity contribution < 1.29 is 19.4 Å². The molecule has 1 heterocycles. The molecule has 0 bridgehead atoms. The average Bonchev–Trinajstić information content (AvgIpc) is 2.78. The highest BCUT2D eigenvalue weighted by atomic mass is 35.5. The van der Waals surface area contributed by atoms with Gasteiger partial charge in [-0.05, 0) is 36.4 Å². The molecule has 0 radical (unpaired) electrons. The molecule has 1 atom stereocenters. The Kier molecular flexibility index (Phi) is 9.43. The van der Waals surface area contributed by atoms with Crippen LogP contribution < -0.4 is 14.4 Å². The van der Waals surface area contributed by atoms with E-state index in [0.29, 0.717) is 24.3 Å². The molecule has 0 spiro atoms. The summed E-state index contributed by atoms with van der Waals surface area (Å²) in [5, 5.41) is 10.4. The molecule has 0 aromatic heterocycles. The number of nitrogens with zero attached hydrogens (tertiary/aromatic N) is 2. The molecule has 1 unspecified atom stereocenters. The van der Waals surface area contributed by atoms with Crippen molar-refractivity contribution in [2.45, 2.75) is 19.4 Å². The Bertz CT molecular complexity index is 792. The number of halogens is 1. The fourth-order valence-electron chi connectivity index (χ4n) is 3.55. The summed E-state index contributed by atoms with van der Waals surface area (Å²) >= 11 is 0. The topological polar surface area (TPSA) is 62.2 Å². The lowest BCUT2D eigenvalue weighted by atomic mass is 10.1. The molecule has 2 aromatic carbocycles. The van der Waals surface area contributed by atoms with Gasteiger partial charge in [0.1, 0.15) is 24.2 Å². The molecule has 0 amide bonds. The fourth-order valence-corrected chi connectivity index (χ4v) is 3.55. The van der Waals surface area contributed by atoms with Gasteiger partial charge in [0.15, 0.2) is 5.78 Å². The van der Waals surface area contributed by atoms with Crippen molar-refractivity contribution >= 4 is 23.9 Å². The highest BCUT2D eigenvalue weighted by Gasteiger charge is 2.21. The quantitative estimate of drug-likeness (QED) is 0.611. The number of carbonyl (C=O) groups excluding carboxylic acids is 1. The maximum absolute atomic E-state index is 11.7. The number of anilines is 1. The Balaban J connectivity index is 0.00000320. The van der Waals surface area contributed by atoms with E-state index in [1.165, 1.54) is 0 Å². The maximum Gasteiger partial charge on any atom is 0.162 e. The van der Waals surface area contributed by atoms with Crippen molar-refractivity contribution in [2.75, 3.05) is 51.3 Å². The van der Waals surface area contributed by atoms with E-state index in [2.05, 4.69) is 15.9 Å². The third kappa shape index (κ3) is 6.36. The lowest BCUT2D eigenvalue weighted by Crippen LogP contribution is -2.49. The molecule has 0 saturated carbocycles. The maximum atomic E-state index is 11.7. The minimum absolute atomic E-state index is 0. The van der Waals surface area contributed by atoms with Crippen LogP contribution in [0.15, 0.2) is 48.5 Å². The standard InChI is InChI=1S/C23H30N2O4.ClH/c1-3-22(27)18-8-10-20(11-9-18)29-17-19(26)16-24-12-14-25(15-13-24)21-6-4-5-7-23(21)28-2;/h4-11,19,26H,3,12-17H2,1-2H3;1H. The molecular formula is C23H31ClN2O4. The van der Waals surface area contributed by atoms with Crippen LogP contribution in [0.2, 0.25) is 0 Å². The second-order valence-electron chi connectivity index (χ2n) is 7.23. The first kappa shape index (κ1) is 24.0. The van der Waals surface area contributed by atoms with Crippen LogP contribution in [0.5, 0.6) is 11.5 Å². The van der Waals surface area contributed by atoms with Gasteiger partial charge < -0.3 is 19.5 Å². The van der Waals surface area contributed by atoms with Crippen molar-refractivity contribution in [3.63, 3.8) is 0 Å². The summed E-state index contributed by atoms with van der Waals surface area (Å²) in [6.07, 6.45) is -0.0757. The number of ketones is 1. The van der Waals surface area contributed by atoms with Crippen molar-refractivity contribution in [3.8, 4) is 11.5 Å². The van der Waals surface area contributed by atoms with Crippen LogP contribution in [0.4, 0.5) is 5.69 Å². The Morgan fingerprint density at radius 3 is 2.37 bits per heavy atom. The SMILES string of the molecule is CCC(=O)c1ccc(OCC(O)CN2CCN(c3ccccc3OC)CC2)cc1.Cl. The summed E-state index contributed by atoms with van der Waals surface area (Å²) in [7, 11) is 1.70. The monoisotopic (exact) mass is 434 g/mol. The predicted molar refractivity (Wildman–Crippen MR) is 121 cm³/mol. The predicted octanol–water partition coefficient (Wildman–Crippen LogP) is 3.27. The largest absolute Gasteiger partial charge is 0.495 e. The second-order valence-corrected chi connectivity index (χ2v) is 7.23. The van der Waals surface area contributed by atoms with Gasteiger partial charge in [-0.2, -0.15) is 0 Å². The number of methoxy groups -OCH3 is 1. The first-order valence-electron chi connectivity index (χ1n) is 10.1. The zero-order valence-electron chi connectivity index (χ0n) is 17.6. The number of aliphatic hydroxyl groups is 1. The molecule has 1 aliphatic heterocycles. The van der Waals surface area contributed by atoms with E-state index in [0.717, 1.165) is 37.6 Å². The number of carbonyl (C=O) groups is 1. The van der Waals surface area contributed by atoms with E-state index in [1.807, 2.05) is 25.1 Å². The zero-order chi connectivity index (χ0) is 20.6. The van der Waals surface area contributed by atoms with Gasteiger partial charge in [0.05, 0.1) is 12.8 Å². The van der Waals surface area contributed by atoms with Gasteiger partial charge in [0.25, 0.3) is 0 Å². The van der Waals surface area contributed by atoms with Crippen LogP contribution in [0, 0.1) is 0 Å². The Morgan fingerprint density at radius 2 is 1.73 bits per heavy atom. The first-order valence-corrected chi connectivity index (χ1v) is 10.1. The molecule has 1 aliphatic rings. The summed E-state index contributed by atoms with van der Waals surface area (Å²) in [6.45, 7) is 6.19. The third-order valence-electron chi connectivity index (χ3n) is 5.21. The Morgan fingerprint density at radius 1 is 1.07 bits per heavy atom. The molecule has 2 aromatic rings. The van der Waals surface area contributed by atoms with Gasteiger partial charge in [0.2, 0.25) is 0 Å². The van der Waals surface area contributed by atoms with Gasteiger partial charge >= 0.3 is 0 Å². The molecular weight excluding hydrogens is 404 g/mol. The average molecular weight is 435 g/mol. The highest BCUT2D eigenvalue weighted by Crippen LogP contribution is 2.28. The number of rotatable bonds is 9. The number of piperazine rings is 1. The summed E-state index contributed by atoms with van der Waals surface area (Å²) < 4.78 is 11.1. The molecule has 0 aliphatic carbocycles. The van der Waals surface area contributed by atoms with Crippen molar-refractivity contribution in [1.29, 1.82) is 0 Å².